The van der Waals surface area contributed by atoms with Crippen LogP contribution in [-0.4, -0.2) is 21.5 Å². The molecule has 1 N–H and O–H groups in total. The maximum Gasteiger partial charge on any atom is 0.387 e. The standard InChI is InChI=1S/C14H16F2N2O2/c1-2-7-18-9-11(8-17-18)13(19)10-3-5-12(6-4-10)20-14(15)16/h3-6,8-9,13-14,19H,2,7H2,1H3. The lowest BCUT2D eigenvalue weighted by atomic mass is 10.0. The highest BCUT2D eigenvalue weighted by atomic mass is 19.3. The predicted molar refractivity (Wildman–Crippen MR) is 69.7 cm³/mol. The predicted octanol–water partition coefficient (Wildman–Crippen LogP) is 2.98. The highest BCUT2D eigenvalue weighted by Gasteiger charge is 2.13. The summed E-state index contributed by atoms with van der Waals surface area (Å²) in [5.74, 6) is 0.0672. The summed E-state index contributed by atoms with van der Waals surface area (Å²) in [6.07, 6.45) is 3.50. The third-order valence-electron chi connectivity index (χ3n) is 2.84. The van der Waals surface area contributed by atoms with Gasteiger partial charge in [-0.2, -0.15) is 13.9 Å². The number of ether oxygens (including phenoxy) is 1. The molecule has 0 aliphatic heterocycles. The second-order valence-corrected chi connectivity index (χ2v) is 4.39. The summed E-state index contributed by atoms with van der Waals surface area (Å²) < 4.78 is 30.1. The number of hydrogen-bond acceptors (Lipinski definition) is 3. The molecule has 0 spiro atoms. The molecule has 0 aliphatic rings. The number of alkyl halides is 2. The van der Waals surface area contributed by atoms with E-state index in [4.69, 9.17) is 0 Å². The lowest BCUT2D eigenvalue weighted by Crippen LogP contribution is -2.03. The number of nitrogens with zero attached hydrogens (tertiary/aromatic N) is 2. The zero-order valence-electron chi connectivity index (χ0n) is 11.0. The first kappa shape index (κ1) is 14.5. The van der Waals surface area contributed by atoms with Gasteiger partial charge in [-0.3, -0.25) is 4.68 Å². The van der Waals surface area contributed by atoms with Gasteiger partial charge < -0.3 is 9.84 Å². The van der Waals surface area contributed by atoms with Crippen LogP contribution < -0.4 is 4.74 Å². The quantitative estimate of drug-likeness (QED) is 0.886. The van der Waals surface area contributed by atoms with Crippen LogP contribution in [0.25, 0.3) is 0 Å². The molecule has 1 aromatic carbocycles. The van der Waals surface area contributed by atoms with Gasteiger partial charge in [0, 0.05) is 18.3 Å². The Morgan fingerprint density at radius 2 is 1.95 bits per heavy atom. The van der Waals surface area contributed by atoms with Gasteiger partial charge in [0.05, 0.1) is 6.20 Å². The fraction of sp³-hybridized carbons (Fsp3) is 0.357. The average molecular weight is 282 g/mol. The largest absolute Gasteiger partial charge is 0.435 e. The Morgan fingerprint density at radius 3 is 2.55 bits per heavy atom. The molecule has 0 aliphatic carbocycles. The molecule has 1 unspecified atom stereocenters. The average Bonchev–Trinajstić information content (AvgIpc) is 2.87. The normalized spacial score (nSPS) is 12.7. The highest BCUT2D eigenvalue weighted by molar-refractivity contribution is 5.32. The van der Waals surface area contributed by atoms with E-state index in [0.717, 1.165) is 13.0 Å². The molecule has 1 aromatic heterocycles. The Hall–Kier alpha value is -1.95. The first-order chi connectivity index (χ1) is 9.60. The summed E-state index contributed by atoms with van der Waals surface area (Å²) in [7, 11) is 0. The molecule has 2 aromatic rings. The molecule has 4 nitrogen and oxygen atoms in total. The van der Waals surface area contributed by atoms with Crippen molar-refractivity contribution < 1.29 is 18.6 Å². The first-order valence-corrected chi connectivity index (χ1v) is 6.35. The first-order valence-electron chi connectivity index (χ1n) is 6.35. The molecular formula is C14H16F2N2O2. The number of aliphatic hydroxyl groups excluding tert-OH is 1. The van der Waals surface area contributed by atoms with Crippen LogP contribution in [0, 0.1) is 0 Å². The van der Waals surface area contributed by atoms with Crippen LogP contribution in [0.15, 0.2) is 36.7 Å². The maximum atomic E-state index is 12.0. The molecule has 0 radical (unpaired) electrons. The van der Waals surface area contributed by atoms with Crippen molar-refractivity contribution in [1.29, 1.82) is 0 Å². The molecule has 108 valence electrons. The van der Waals surface area contributed by atoms with Crippen molar-refractivity contribution in [1.82, 2.24) is 9.78 Å². The van der Waals surface area contributed by atoms with Crippen LogP contribution in [0.1, 0.15) is 30.6 Å². The monoisotopic (exact) mass is 282 g/mol. The Labute approximate surface area is 115 Å². The number of aryl methyl sites for hydroxylation is 1. The van der Waals surface area contributed by atoms with Crippen LogP contribution in [0.3, 0.4) is 0 Å². The Bertz CT molecular complexity index is 540. The van der Waals surface area contributed by atoms with Crippen molar-refractivity contribution in [3.63, 3.8) is 0 Å². The number of hydrogen-bond donors (Lipinski definition) is 1. The van der Waals surface area contributed by atoms with E-state index in [1.165, 1.54) is 12.1 Å². The molecule has 2 rings (SSSR count). The summed E-state index contributed by atoms with van der Waals surface area (Å²) >= 11 is 0. The van der Waals surface area contributed by atoms with Gasteiger partial charge in [0.2, 0.25) is 0 Å². The summed E-state index contributed by atoms with van der Waals surface area (Å²) in [6.45, 7) is -0.0222. The van der Waals surface area contributed by atoms with E-state index in [2.05, 4.69) is 9.84 Å². The number of halogens is 2. The van der Waals surface area contributed by atoms with Crippen LogP contribution in [0.4, 0.5) is 8.78 Å². The minimum absolute atomic E-state index is 0.0672. The number of rotatable bonds is 6. The van der Waals surface area contributed by atoms with Gasteiger partial charge in [-0.05, 0) is 24.1 Å². The van der Waals surface area contributed by atoms with Gasteiger partial charge in [0.15, 0.2) is 0 Å². The molecule has 0 saturated carbocycles. The minimum Gasteiger partial charge on any atom is -0.435 e. The zero-order valence-corrected chi connectivity index (χ0v) is 11.0. The molecule has 0 amide bonds. The SMILES string of the molecule is CCCn1cc(C(O)c2ccc(OC(F)F)cc2)cn1. The fourth-order valence-electron chi connectivity index (χ4n) is 1.90. The Balaban J connectivity index is 2.09. The maximum absolute atomic E-state index is 12.0. The molecule has 1 atom stereocenters. The minimum atomic E-state index is -2.85. The smallest absolute Gasteiger partial charge is 0.387 e. The summed E-state index contributed by atoms with van der Waals surface area (Å²) in [5.41, 5.74) is 1.27. The van der Waals surface area contributed by atoms with Crippen molar-refractivity contribution in [3.8, 4) is 5.75 Å². The van der Waals surface area contributed by atoms with E-state index < -0.39 is 12.7 Å². The molecule has 6 heteroatoms. The third kappa shape index (κ3) is 3.54. The van der Waals surface area contributed by atoms with E-state index in [9.17, 15) is 13.9 Å². The van der Waals surface area contributed by atoms with Crippen LogP contribution >= 0.6 is 0 Å². The molecule has 0 fully saturated rings. The van der Waals surface area contributed by atoms with E-state index in [1.807, 2.05) is 6.92 Å². The molecular weight excluding hydrogens is 266 g/mol. The van der Waals surface area contributed by atoms with Crippen molar-refractivity contribution >= 4 is 0 Å². The van der Waals surface area contributed by atoms with E-state index in [0.29, 0.717) is 11.1 Å². The number of aliphatic hydroxyl groups is 1. The van der Waals surface area contributed by atoms with E-state index >= 15 is 0 Å². The van der Waals surface area contributed by atoms with Crippen molar-refractivity contribution in [2.75, 3.05) is 0 Å². The molecule has 20 heavy (non-hydrogen) atoms. The van der Waals surface area contributed by atoms with Gasteiger partial charge in [0.1, 0.15) is 11.9 Å². The van der Waals surface area contributed by atoms with Gasteiger partial charge in [-0.1, -0.05) is 19.1 Å². The second kappa shape index (κ2) is 6.47. The van der Waals surface area contributed by atoms with Gasteiger partial charge in [-0.15, -0.1) is 0 Å². The Kier molecular flexibility index (Phi) is 4.68. The molecule has 1 heterocycles. The fourth-order valence-corrected chi connectivity index (χ4v) is 1.90. The number of benzene rings is 1. The lowest BCUT2D eigenvalue weighted by molar-refractivity contribution is -0.0498. The van der Waals surface area contributed by atoms with Gasteiger partial charge in [-0.25, -0.2) is 0 Å². The summed E-state index contributed by atoms with van der Waals surface area (Å²) in [6, 6.07) is 5.92. The zero-order chi connectivity index (χ0) is 14.5. The van der Waals surface area contributed by atoms with E-state index in [1.54, 1.807) is 29.2 Å². The summed E-state index contributed by atoms with van der Waals surface area (Å²) in [5, 5.41) is 14.3. The molecule has 0 bridgehead atoms. The second-order valence-electron chi connectivity index (χ2n) is 4.39. The van der Waals surface area contributed by atoms with E-state index in [-0.39, 0.29) is 5.75 Å². The van der Waals surface area contributed by atoms with Crippen LogP contribution in [0.5, 0.6) is 5.75 Å². The topological polar surface area (TPSA) is 47.3 Å². The van der Waals surface area contributed by atoms with Crippen molar-refractivity contribution in [2.24, 2.45) is 0 Å². The van der Waals surface area contributed by atoms with Gasteiger partial charge >= 0.3 is 6.61 Å². The highest BCUT2D eigenvalue weighted by Crippen LogP contribution is 2.24. The van der Waals surface area contributed by atoms with Crippen molar-refractivity contribution in [3.05, 3.63) is 47.8 Å². The number of aromatic nitrogens is 2. The van der Waals surface area contributed by atoms with Crippen LogP contribution in [-0.2, 0) is 6.54 Å². The van der Waals surface area contributed by atoms with Gasteiger partial charge in [0.25, 0.3) is 0 Å². The molecule has 0 saturated heterocycles. The summed E-state index contributed by atoms with van der Waals surface area (Å²) in [4.78, 5) is 0. The third-order valence-corrected chi connectivity index (χ3v) is 2.84. The Morgan fingerprint density at radius 1 is 1.25 bits per heavy atom. The lowest BCUT2D eigenvalue weighted by Gasteiger charge is -2.10. The van der Waals surface area contributed by atoms with Crippen LogP contribution in [0.2, 0.25) is 0 Å². The van der Waals surface area contributed by atoms with Crippen molar-refractivity contribution in [2.45, 2.75) is 32.6 Å².